The maximum absolute atomic E-state index is 12.8. The van der Waals surface area contributed by atoms with Gasteiger partial charge < -0.3 is 10.1 Å². The molecule has 1 saturated heterocycles. The summed E-state index contributed by atoms with van der Waals surface area (Å²) in [6, 6.07) is 9.16. The first-order chi connectivity index (χ1) is 12.3. The van der Waals surface area contributed by atoms with Gasteiger partial charge in [0.05, 0.1) is 21.7 Å². The number of nitrogens with zero attached hydrogens (tertiary/aromatic N) is 2. The minimum Gasteiger partial charge on any atom is -0.467 e. The first kappa shape index (κ1) is 16.7. The van der Waals surface area contributed by atoms with Gasteiger partial charge in [-0.2, -0.15) is 0 Å². The predicted molar refractivity (Wildman–Crippen MR) is 96.7 cm³/mol. The molecule has 2 aromatic rings. The van der Waals surface area contributed by atoms with Crippen LogP contribution in [0.3, 0.4) is 0 Å². The third-order valence-electron chi connectivity index (χ3n) is 4.81. The molecule has 0 radical (unpaired) electrons. The van der Waals surface area contributed by atoms with Gasteiger partial charge in [0.25, 0.3) is 5.69 Å². The van der Waals surface area contributed by atoms with Crippen LogP contribution >= 0.6 is 11.6 Å². The van der Waals surface area contributed by atoms with Crippen LogP contribution in [0.2, 0.25) is 5.02 Å². The van der Waals surface area contributed by atoms with Crippen molar-refractivity contribution in [1.29, 1.82) is 0 Å². The summed E-state index contributed by atoms with van der Waals surface area (Å²) < 4.78 is 6.13. The summed E-state index contributed by atoms with van der Waals surface area (Å²) in [5.74, 6) is 0.516. The van der Waals surface area contributed by atoms with E-state index < -0.39 is 10.6 Å². The summed E-state index contributed by atoms with van der Waals surface area (Å²) in [7, 11) is 0. The van der Waals surface area contributed by atoms with Gasteiger partial charge in [-0.25, -0.2) is 4.79 Å². The summed E-state index contributed by atoms with van der Waals surface area (Å²) in [6.45, 7) is 3.74. The molecule has 2 aliphatic heterocycles. The number of nitrogens with one attached hydrogen (secondary N) is 1. The van der Waals surface area contributed by atoms with E-state index in [1.165, 1.54) is 17.0 Å². The number of aryl methyl sites for hydroxylation is 1. The molecule has 7 nitrogen and oxygen atoms in total. The number of non-ortho nitro benzene ring substituents is 1. The topological polar surface area (TPSA) is 84.7 Å². The molecule has 1 N–H and O–H groups in total. The zero-order valence-corrected chi connectivity index (χ0v) is 14.9. The fourth-order valence-corrected chi connectivity index (χ4v) is 3.95. The largest absolute Gasteiger partial charge is 0.467 e. The molecule has 0 aliphatic carbocycles. The fraction of sp³-hybridized carbons (Fsp3) is 0.278. The lowest BCUT2D eigenvalue weighted by Gasteiger charge is -2.50. The second-order valence-electron chi connectivity index (χ2n) is 6.75. The van der Waals surface area contributed by atoms with Crippen molar-refractivity contribution >= 4 is 29.0 Å². The van der Waals surface area contributed by atoms with E-state index in [0.29, 0.717) is 28.4 Å². The molecule has 2 bridgehead atoms. The number of hydrogen-bond acceptors (Lipinski definition) is 4. The van der Waals surface area contributed by atoms with E-state index in [4.69, 9.17) is 16.3 Å². The molecule has 0 spiro atoms. The number of carbonyl (C=O) groups is 1. The van der Waals surface area contributed by atoms with Crippen molar-refractivity contribution in [3.63, 3.8) is 0 Å². The number of halogens is 1. The Kier molecular flexibility index (Phi) is 3.59. The fourth-order valence-electron chi connectivity index (χ4n) is 3.63. The van der Waals surface area contributed by atoms with Crippen LogP contribution < -0.4 is 15.0 Å². The van der Waals surface area contributed by atoms with Gasteiger partial charge in [-0.3, -0.25) is 15.0 Å². The molecule has 2 heterocycles. The Hall–Kier alpha value is -2.80. The number of nitro benzene ring substituents is 1. The van der Waals surface area contributed by atoms with Gasteiger partial charge in [0.15, 0.2) is 5.72 Å². The van der Waals surface area contributed by atoms with Gasteiger partial charge in [0.2, 0.25) is 0 Å². The maximum atomic E-state index is 12.8. The molecule has 134 valence electrons. The number of ether oxygens (including phenoxy) is 1. The summed E-state index contributed by atoms with van der Waals surface area (Å²) in [4.78, 5) is 24.9. The minimum atomic E-state index is -0.949. The molecule has 2 amide bonds. The zero-order valence-electron chi connectivity index (χ0n) is 14.2. The Bertz CT molecular complexity index is 948. The molecule has 2 aromatic carbocycles. The monoisotopic (exact) mass is 373 g/mol. The van der Waals surface area contributed by atoms with Crippen molar-refractivity contribution in [1.82, 2.24) is 5.32 Å². The molecule has 2 atom stereocenters. The second-order valence-corrected chi connectivity index (χ2v) is 7.16. The third kappa shape index (κ3) is 2.47. The number of benzene rings is 2. The summed E-state index contributed by atoms with van der Waals surface area (Å²) in [5.41, 5.74) is 1.17. The quantitative estimate of drug-likeness (QED) is 0.627. The molecule has 8 heteroatoms. The first-order valence-electron chi connectivity index (χ1n) is 8.13. The number of urea groups is 1. The molecule has 2 aliphatic rings. The molecular formula is C18H16ClN3O4. The number of fused-ring (bicyclic) bond motifs is 4. The van der Waals surface area contributed by atoms with Crippen molar-refractivity contribution in [3.8, 4) is 5.75 Å². The highest BCUT2D eigenvalue weighted by Crippen LogP contribution is 2.47. The number of carbonyl (C=O) groups excluding carboxylic acids is 1. The number of nitro groups is 1. The Balaban J connectivity index is 1.79. The average Bonchev–Trinajstić information content (AvgIpc) is 2.55. The number of hydrogen-bond donors (Lipinski definition) is 1. The molecule has 0 unspecified atom stereocenters. The van der Waals surface area contributed by atoms with Crippen LogP contribution in [0.15, 0.2) is 36.4 Å². The van der Waals surface area contributed by atoms with Gasteiger partial charge in [-0.1, -0.05) is 17.7 Å². The lowest BCUT2D eigenvalue weighted by atomic mass is 9.90. The van der Waals surface area contributed by atoms with Gasteiger partial charge in [-0.05, 0) is 37.6 Å². The number of rotatable bonds is 2. The van der Waals surface area contributed by atoms with Crippen molar-refractivity contribution in [2.24, 2.45) is 0 Å². The Labute approximate surface area is 154 Å². The van der Waals surface area contributed by atoms with Crippen LogP contribution in [0.4, 0.5) is 16.2 Å². The van der Waals surface area contributed by atoms with Gasteiger partial charge in [0.1, 0.15) is 5.75 Å². The van der Waals surface area contributed by atoms with E-state index in [1.807, 2.05) is 19.9 Å². The molecule has 0 aromatic heterocycles. The molecule has 4 rings (SSSR count). The Morgan fingerprint density at radius 3 is 2.81 bits per heavy atom. The number of amides is 2. The van der Waals surface area contributed by atoms with Crippen LogP contribution in [-0.2, 0) is 0 Å². The maximum Gasteiger partial charge on any atom is 0.325 e. The third-order valence-corrected chi connectivity index (χ3v) is 5.11. The van der Waals surface area contributed by atoms with Crippen molar-refractivity contribution in [2.45, 2.75) is 32.0 Å². The van der Waals surface area contributed by atoms with Crippen molar-refractivity contribution in [3.05, 3.63) is 62.7 Å². The zero-order chi connectivity index (χ0) is 18.6. The number of anilines is 1. The summed E-state index contributed by atoms with van der Waals surface area (Å²) in [5, 5.41) is 14.4. The van der Waals surface area contributed by atoms with Gasteiger partial charge >= 0.3 is 6.03 Å². The average molecular weight is 374 g/mol. The molecular weight excluding hydrogens is 358 g/mol. The lowest BCUT2D eigenvalue weighted by Crippen LogP contribution is -2.65. The molecule has 26 heavy (non-hydrogen) atoms. The van der Waals surface area contributed by atoms with Crippen molar-refractivity contribution < 1.29 is 14.5 Å². The van der Waals surface area contributed by atoms with E-state index >= 15 is 0 Å². The smallest absolute Gasteiger partial charge is 0.325 e. The van der Waals surface area contributed by atoms with Crippen molar-refractivity contribution in [2.75, 3.05) is 4.90 Å². The Morgan fingerprint density at radius 1 is 1.35 bits per heavy atom. The second kappa shape index (κ2) is 5.60. The predicted octanol–water partition coefficient (Wildman–Crippen LogP) is 4.33. The SMILES string of the molecule is Cc1ccc(N2C(=O)N[C@H]3C[C@@]2(C)Oc2ccc([N+](=O)[O-])cc23)c(Cl)c1. The van der Waals surface area contributed by atoms with Crippen LogP contribution in [0.5, 0.6) is 5.75 Å². The van der Waals surface area contributed by atoms with Gasteiger partial charge in [-0.15, -0.1) is 0 Å². The van der Waals surface area contributed by atoms with Crippen LogP contribution in [0, 0.1) is 17.0 Å². The van der Waals surface area contributed by atoms with Crippen LogP contribution in [-0.4, -0.2) is 16.7 Å². The standard InChI is InChI=1S/C18H16ClN3O4/c1-10-3-5-15(13(19)7-10)21-17(23)20-14-9-18(21,2)26-16-6-4-11(22(24)25)8-12(14)16/h3-8,14H,9H2,1-2H3,(H,20,23)/t14-,18+/m0/s1. The highest BCUT2D eigenvalue weighted by Gasteiger charge is 2.50. The van der Waals surface area contributed by atoms with E-state index in [-0.39, 0.29) is 17.8 Å². The van der Waals surface area contributed by atoms with Crippen LogP contribution in [0.1, 0.15) is 30.5 Å². The highest BCUT2D eigenvalue weighted by molar-refractivity contribution is 6.34. The summed E-state index contributed by atoms with van der Waals surface area (Å²) in [6.07, 6.45) is 0.442. The minimum absolute atomic E-state index is 0.0331. The highest BCUT2D eigenvalue weighted by atomic mass is 35.5. The summed E-state index contributed by atoms with van der Waals surface area (Å²) >= 11 is 6.37. The van der Waals surface area contributed by atoms with E-state index in [2.05, 4.69) is 5.32 Å². The Morgan fingerprint density at radius 2 is 2.12 bits per heavy atom. The molecule has 1 fully saturated rings. The first-order valence-corrected chi connectivity index (χ1v) is 8.50. The van der Waals surface area contributed by atoms with E-state index in [1.54, 1.807) is 18.2 Å². The van der Waals surface area contributed by atoms with Crippen LogP contribution in [0.25, 0.3) is 0 Å². The van der Waals surface area contributed by atoms with E-state index in [0.717, 1.165) is 5.56 Å². The van der Waals surface area contributed by atoms with Gasteiger partial charge in [0, 0.05) is 24.1 Å². The normalized spacial score (nSPS) is 23.7. The molecule has 0 saturated carbocycles. The lowest BCUT2D eigenvalue weighted by molar-refractivity contribution is -0.385. The van der Waals surface area contributed by atoms with E-state index in [9.17, 15) is 14.9 Å².